The molecule has 2 heterocycles. The van der Waals surface area contributed by atoms with Gasteiger partial charge in [-0.1, -0.05) is 24.3 Å². The van der Waals surface area contributed by atoms with E-state index in [4.69, 9.17) is 0 Å². The maximum Gasteiger partial charge on any atom is 0.262 e. The maximum absolute atomic E-state index is 13.2. The fourth-order valence-electron chi connectivity index (χ4n) is 3.33. The summed E-state index contributed by atoms with van der Waals surface area (Å²) in [5.74, 6) is -0.259. The van der Waals surface area contributed by atoms with Crippen LogP contribution in [0.5, 0.6) is 0 Å². The Balaban J connectivity index is 1.89. The second kappa shape index (κ2) is 6.62. The number of carbonyl (C=O) groups is 1. The number of H-pyrrole nitrogens is 1. The second-order valence-electron chi connectivity index (χ2n) is 6.24. The van der Waals surface area contributed by atoms with Crippen molar-refractivity contribution >= 4 is 32.7 Å². The molecule has 7 nitrogen and oxygen atoms in total. The van der Waals surface area contributed by atoms with E-state index >= 15 is 0 Å². The predicted molar refractivity (Wildman–Crippen MR) is 106 cm³/mol. The summed E-state index contributed by atoms with van der Waals surface area (Å²) < 4.78 is 2.16. The fourth-order valence-corrected chi connectivity index (χ4v) is 3.76. The topological polar surface area (TPSA) is 92.7 Å². The first-order chi connectivity index (χ1) is 13.1. The number of fused-ring (bicyclic) bond motifs is 1. The van der Waals surface area contributed by atoms with E-state index in [1.54, 1.807) is 31.5 Å². The highest BCUT2D eigenvalue weighted by atomic mass is 79.9. The Hall–Kier alpha value is -3.00. The number of amides is 1. The van der Waals surface area contributed by atoms with Gasteiger partial charge in [-0.25, -0.2) is 4.98 Å². The largest absolute Gasteiger partial charge is 0.357 e. The van der Waals surface area contributed by atoms with Crippen molar-refractivity contribution in [1.82, 2.24) is 25.1 Å². The standard InChI is InChI=1S/C19H16BrN5O2/c1-21-18(27)19(7-3-2-4-8-19)25-11-22-15-9-12(5-6-13(15)17(25)26)14-10-23-24-16(14)20/h2-7,9-11H,8H2,1H3,(H,21,27)(H,23,24). The molecule has 1 aliphatic carbocycles. The van der Waals surface area contributed by atoms with Gasteiger partial charge in [0.2, 0.25) is 0 Å². The average Bonchev–Trinajstić information content (AvgIpc) is 3.13. The molecule has 136 valence electrons. The molecule has 0 bridgehead atoms. The molecule has 1 atom stereocenters. The average molecular weight is 426 g/mol. The summed E-state index contributed by atoms with van der Waals surface area (Å²) in [5.41, 5.74) is 0.943. The normalized spacial score (nSPS) is 18.7. The number of aromatic amines is 1. The van der Waals surface area contributed by atoms with Crippen molar-refractivity contribution in [2.24, 2.45) is 0 Å². The molecule has 1 aliphatic rings. The smallest absolute Gasteiger partial charge is 0.262 e. The molecule has 1 unspecified atom stereocenters. The summed E-state index contributed by atoms with van der Waals surface area (Å²) in [6, 6.07) is 5.41. The molecule has 1 aromatic carbocycles. The van der Waals surface area contributed by atoms with Gasteiger partial charge in [-0.15, -0.1) is 0 Å². The number of allylic oxidation sites excluding steroid dienone is 3. The molecular formula is C19H16BrN5O2. The number of likely N-dealkylation sites (N-methyl/N-ethyl adjacent to an activating group) is 1. The molecule has 8 heteroatoms. The SMILES string of the molecule is CNC(=O)C1(n2cnc3cc(-c4cn[nH]c4Br)ccc3c2=O)C=CC=CC1. The van der Waals surface area contributed by atoms with Crippen LogP contribution in [0.25, 0.3) is 22.0 Å². The number of nitrogens with one attached hydrogen (secondary N) is 2. The minimum Gasteiger partial charge on any atom is -0.357 e. The number of benzene rings is 1. The molecule has 0 spiro atoms. The van der Waals surface area contributed by atoms with Gasteiger partial charge in [-0.2, -0.15) is 5.10 Å². The summed E-state index contributed by atoms with van der Waals surface area (Å²) in [6.07, 6.45) is 10.8. The van der Waals surface area contributed by atoms with Crippen LogP contribution in [0.1, 0.15) is 6.42 Å². The molecule has 3 aromatic rings. The number of hydrogen-bond donors (Lipinski definition) is 2. The lowest BCUT2D eigenvalue weighted by atomic mass is 9.89. The first-order valence-corrected chi connectivity index (χ1v) is 9.14. The van der Waals surface area contributed by atoms with Crippen LogP contribution in [-0.2, 0) is 10.3 Å². The molecule has 2 aromatic heterocycles. The van der Waals surface area contributed by atoms with Gasteiger partial charge in [-0.3, -0.25) is 19.3 Å². The highest BCUT2D eigenvalue weighted by Gasteiger charge is 2.38. The van der Waals surface area contributed by atoms with Crippen LogP contribution >= 0.6 is 15.9 Å². The molecule has 27 heavy (non-hydrogen) atoms. The van der Waals surface area contributed by atoms with Crippen LogP contribution in [-0.4, -0.2) is 32.7 Å². The molecular weight excluding hydrogens is 410 g/mol. The van der Waals surface area contributed by atoms with Gasteiger partial charge in [0.25, 0.3) is 11.5 Å². The van der Waals surface area contributed by atoms with Crippen LogP contribution in [0.15, 0.2) is 64.4 Å². The van der Waals surface area contributed by atoms with Crippen LogP contribution in [0, 0.1) is 0 Å². The summed E-state index contributed by atoms with van der Waals surface area (Å²) in [7, 11) is 1.56. The van der Waals surface area contributed by atoms with Crippen molar-refractivity contribution in [3.8, 4) is 11.1 Å². The van der Waals surface area contributed by atoms with Crippen molar-refractivity contribution in [2.45, 2.75) is 12.0 Å². The van der Waals surface area contributed by atoms with Gasteiger partial charge in [0, 0.05) is 19.0 Å². The lowest BCUT2D eigenvalue weighted by Crippen LogP contribution is -2.50. The first-order valence-electron chi connectivity index (χ1n) is 8.34. The Labute approximate surface area is 162 Å². The minimum absolute atomic E-state index is 0.259. The number of nitrogens with zero attached hydrogens (tertiary/aromatic N) is 3. The summed E-state index contributed by atoms with van der Waals surface area (Å²) in [4.78, 5) is 30.3. The summed E-state index contributed by atoms with van der Waals surface area (Å²) in [6.45, 7) is 0. The third kappa shape index (κ3) is 2.73. The lowest BCUT2D eigenvalue weighted by molar-refractivity contribution is -0.127. The highest BCUT2D eigenvalue weighted by molar-refractivity contribution is 9.10. The zero-order valence-electron chi connectivity index (χ0n) is 14.4. The maximum atomic E-state index is 13.2. The monoisotopic (exact) mass is 425 g/mol. The molecule has 0 aliphatic heterocycles. The third-order valence-electron chi connectivity index (χ3n) is 4.76. The number of halogens is 1. The number of hydrogen-bond acceptors (Lipinski definition) is 4. The van der Waals surface area contributed by atoms with Crippen molar-refractivity contribution in [3.05, 3.63) is 70.0 Å². The first kappa shape index (κ1) is 17.4. The molecule has 0 fully saturated rings. The Bertz CT molecular complexity index is 1160. The summed E-state index contributed by atoms with van der Waals surface area (Å²) in [5, 5.41) is 9.92. The lowest BCUT2D eigenvalue weighted by Gasteiger charge is -2.31. The molecule has 0 radical (unpaired) electrons. The van der Waals surface area contributed by atoms with Crippen LogP contribution in [0.2, 0.25) is 0 Å². The Kier molecular flexibility index (Phi) is 4.27. The quantitative estimate of drug-likeness (QED) is 0.673. The van der Waals surface area contributed by atoms with E-state index in [0.29, 0.717) is 17.3 Å². The van der Waals surface area contributed by atoms with E-state index < -0.39 is 5.54 Å². The van der Waals surface area contributed by atoms with Crippen LogP contribution in [0.4, 0.5) is 0 Å². The highest BCUT2D eigenvalue weighted by Crippen LogP contribution is 2.29. The number of aromatic nitrogens is 4. The van der Waals surface area contributed by atoms with E-state index in [2.05, 4.69) is 36.4 Å². The minimum atomic E-state index is -1.12. The predicted octanol–water partition coefficient (Wildman–Crippen LogP) is 2.51. The van der Waals surface area contributed by atoms with Gasteiger partial charge >= 0.3 is 0 Å². The van der Waals surface area contributed by atoms with Gasteiger partial charge in [-0.05, 0) is 39.7 Å². The van der Waals surface area contributed by atoms with Crippen LogP contribution in [0.3, 0.4) is 0 Å². The number of rotatable bonds is 3. The third-order valence-corrected chi connectivity index (χ3v) is 5.37. The number of carbonyl (C=O) groups excluding carboxylic acids is 1. The van der Waals surface area contributed by atoms with E-state index in [0.717, 1.165) is 15.7 Å². The Morgan fingerprint density at radius 2 is 2.22 bits per heavy atom. The summed E-state index contributed by atoms with van der Waals surface area (Å²) >= 11 is 3.41. The molecule has 4 rings (SSSR count). The van der Waals surface area contributed by atoms with E-state index in [1.807, 2.05) is 24.3 Å². The van der Waals surface area contributed by atoms with Gasteiger partial charge in [0.1, 0.15) is 10.1 Å². The van der Waals surface area contributed by atoms with Gasteiger partial charge in [0.05, 0.1) is 23.4 Å². The van der Waals surface area contributed by atoms with E-state index in [1.165, 1.54) is 10.9 Å². The van der Waals surface area contributed by atoms with Crippen molar-refractivity contribution in [2.75, 3.05) is 7.05 Å². The van der Waals surface area contributed by atoms with Crippen molar-refractivity contribution in [3.63, 3.8) is 0 Å². The van der Waals surface area contributed by atoms with Gasteiger partial charge in [0.15, 0.2) is 0 Å². The Morgan fingerprint density at radius 1 is 1.37 bits per heavy atom. The van der Waals surface area contributed by atoms with Crippen molar-refractivity contribution < 1.29 is 4.79 Å². The van der Waals surface area contributed by atoms with Crippen LogP contribution < -0.4 is 10.9 Å². The van der Waals surface area contributed by atoms with E-state index in [-0.39, 0.29) is 11.5 Å². The Morgan fingerprint density at radius 3 is 2.89 bits per heavy atom. The molecule has 2 N–H and O–H groups in total. The van der Waals surface area contributed by atoms with E-state index in [9.17, 15) is 9.59 Å². The molecule has 1 amide bonds. The van der Waals surface area contributed by atoms with Gasteiger partial charge < -0.3 is 5.32 Å². The zero-order valence-corrected chi connectivity index (χ0v) is 16.0. The second-order valence-corrected chi connectivity index (χ2v) is 7.04. The molecule has 0 saturated carbocycles. The zero-order chi connectivity index (χ0) is 19.0. The fraction of sp³-hybridized carbons (Fsp3) is 0.158. The van der Waals surface area contributed by atoms with Crippen molar-refractivity contribution in [1.29, 1.82) is 0 Å². The molecule has 0 saturated heterocycles.